The average Bonchev–Trinajstić information content (AvgIpc) is 2.04. The summed E-state index contributed by atoms with van der Waals surface area (Å²) in [7, 11) is -0.257. The fourth-order valence-corrected chi connectivity index (χ4v) is 1.30. The summed E-state index contributed by atoms with van der Waals surface area (Å²) in [6, 6.07) is 4.56. The van der Waals surface area contributed by atoms with Gasteiger partial charge < -0.3 is 5.11 Å². The van der Waals surface area contributed by atoms with Gasteiger partial charge in [0.25, 0.3) is 0 Å². The summed E-state index contributed by atoms with van der Waals surface area (Å²) in [4.78, 5) is 0. The highest BCUT2D eigenvalue weighted by Gasteiger charge is 1.95. The van der Waals surface area contributed by atoms with Crippen molar-refractivity contribution in [2.45, 2.75) is 13.4 Å². The molecule has 60 valence electrons. The SMILES string of the molecule is C[BH2-]c1cc(F)ccc1CO. The molecule has 0 aromatic heterocycles. The molecule has 0 saturated heterocycles. The summed E-state index contributed by atoms with van der Waals surface area (Å²) in [5.41, 5.74) is 1.88. The molecule has 3 heteroatoms. The summed E-state index contributed by atoms with van der Waals surface area (Å²) in [6.45, 7) is 2.08. The Hall–Kier alpha value is -0.825. The first-order chi connectivity index (χ1) is 5.27. The van der Waals surface area contributed by atoms with Gasteiger partial charge in [0, 0.05) is 0 Å². The summed E-state index contributed by atoms with van der Waals surface area (Å²) >= 11 is 0. The van der Waals surface area contributed by atoms with Crippen LogP contribution in [0.4, 0.5) is 4.39 Å². The number of rotatable bonds is 2. The Morgan fingerprint density at radius 3 is 2.82 bits per heavy atom. The highest BCUT2D eigenvalue weighted by atomic mass is 19.1. The maximum Gasteiger partial charge on any atom is 0.120 e. The summed E-state index contributed by atoms with van der Waals surface area (Å²) in [5, 5.41) is 8.84. The Bertz CT molecular complexity index is 250. The fourth-order valence-electron chi connectivity index (χ4n) is 1.30. The molecule has 0 fully saturated rings. The molecule has 1 nitrogen and oxygen atoms in total. The van der Waals surface area contributed by atoms with Crippen LogP contribution in [0.3, 0.4) is 0 Å². The third kappa shape index (κ3) is 1.81. The number of aliphatic hydroxyl groups is 1. The Morgan fingerprint density at radius 2 is 2.27 bits per heavy atom. The molecule has 0 aliphatic rings. The van der Waals surface area contributed by atoms with Gasteiger partial charge in [-0.25, -0.2) is 9.85 Å². The molecule has 0 spiro atoms. The van der Waals surface area contributed by atoms with Crippen molar-refractivity contribution in [2.24, 2.45) is 0 Å². The summed E-state index contributed by atoms with van der Waals surface area (Å²) in [6.07, 6.45) is 0. The second-order valence-electron chi connectivity index (χ2n) is 2.73. The number of aliphatic hydroxyl groups excluding tert-OH is 1. The zero-order chi connectivity index (χ0) is 8.27. The van der Waals surface area contributed by atoms with Crippen molar-refractivity contribution >= 4 is 12.7 Å². The minimum atomic E-state index is -0.257. The second-order valence-corrected chi connectivity index (χ2v) is 2.73. The van der Waals surface area contributed by atoms with Gasteiger partial charge in [-0.15, -0.1) is 0 Å². The van der Waals surface area contributed by atoms with Crippen LogP contribution in [0.5, 0.6) is 0 Å². The minimum Gasteiger partial charge on any atom is -0.392 e. The first-order valence-electron chi connectivity index (χ1n) is 4.10. The zero-order valence-corrected chi connectivity index (χ0v) is 6.76. The molecule has 0 aliphatic heterocycles. The van der Waals surface area contributed by atoms with Gasteiger partial charge in [0.05, 0.1) is 6.61 Å². The van der Waals surface area contributed by atoms with Gasteiger partial charge in [-0.05, 0) is 13.3 Å². The van der Waals surface area contributed by atoms with E-state index < -0.39 is 0 Å². The van der Waals surface area contributed by atoms with Crippen LogP contribution in [0.15, 0.2) is 18.2 Å². The Labute approximate surface area is 66.1 Å². The number of halogens is 1. The van der Waals surface area contributed by atoms with Crippen molar-refractivity contribution in [3.8, 4) is 0 Å². The Morgan fingerprint density at radius 1 is 1.55 bits per heavy atom. The highest BCUT2D eigenvalue weighted by molar-refractivity contribution is 6.52. The van der Waals surface area contributed by atoms with E-state index >= 15 is 0 Å². The van der Waals surface area contributed by atoms with Crippen LogP contribution < -0.4 is 5.46 Å². The second kappa shape index (κ2) is 3.53. The lowest BCUT2D eigenvalue weighted by Crippen LogP contribution is -2.17. The molecule has 11 heavy (non-hydrogen) atoms. The van der Waals surface area contributed by atoms with E-state index in [9.17, 15) is 4.39 Å². The standard InChI is InChI=1S/C8H11BFO/c1-9-8-4-7(10)3-2-6(8)5-11/h2-4,11H,5,9H2,1H3/q-1. The lowest BCUT2D eigenvalue weighted by Gasteiger charge is -2.08. The van der Waals surface area contributed by atoms with Crippen molar-refractivity contribution in [1.82, 2.24) is 0 Å². The third-order valence-corrected chi connectivity index (χ3v) is 2.01. The number of benzene rings is 1. The quantitative estimate of drug-likeness (QED) is 0.600. The van der Waals surface area contributed by atoms with E-state index in [2.05, 4.69) is 6.82 Å². The molecule has 0 heterocycles. The fraction of sp³-hybridized carbons (Fsp3) is 0.250. The van der Waals surface area contributed by atoms with Crippen LogP contribution in [0.1, 0.15) is 5.56 Å². The number of hydrogen-bond donors (Lipinski definition) is 1. The zero-order valence-electron chi connectivity index (χ0n) is 6.76. The first kappa shape index (κ1) is 8.27. The monoisotopic (exact) mass is 153 g/mol. The molecule has 1 N–H and O–H groups in total. The minimum absolute atomic E-state index is 0.0208. The van der Waals surface area contributed by atoms with Crippen molar-refractivity contribution in [3.05, 3.63) is 29.6 Å². The largest absolute Gasteiger partial charge is 0.392 e. The molecule has 1 rings (SSSR count). The van der Waals surface area contributed by atoms with Gasteiger partial charge >= 0.3 is 0 Å². The van der Waals surface area contributed by atoms with Crippen LogP contribution in [-0.2, 0) is 6.61 Å². The topological polar surface area (TPSA) is 20.2 Å². The molecule has 0 aliphatic carbocycles. The smallest absolute Gasteiger partial charge is 0.120 e. The molecule has 0 unspecified atom stereocenters. The van der Waals surface area contributed by atoms with Gasteiger partial charge in [-0.1, -0.05) is 17.7 Å². The molecule has 0 radical (unpaired) electrons. The third-order valence-electron chi connectivity index (χ3n) is 2.01. The maximum absolute atomic E-state index is 12.6. The Balaban J connectivity index is 3.06. The highest BCUT2D eigenvalue weighted by Crippen LogP contribution is 1.99. The van der Waals surface area contributed by atoms with Crippen molar-refractivity contribution < 1.29 is 9.50 Å². The molecule has 1 aromatic carbocycles. The summed E-state index contributed by atoms with van der Waals surface area (Å²) in [5.74, 6) is -0.206. The predicted octanol–water partition coefficient (Wildman–Crippen LogP) is 0.160. The van der Waals surface area contributed by atoms with Gasteiger partial charge in [0.15, 0.2) is 0 Å². The van der Waals surface area contributed by atoms with Gasteiger partial charge in [-0.2, -0.15) is 6.82 Å². The van der Waals surface area contributed by atoms with Crippen molar-refractivity contribution in [2.75, 3.05) is 0 Å². The average molecular weight is 153 g/mol. The van der Waals surface area contributed by atoms with Crippen LogP contribution in [0.2, 0.25) is 6.82 Å². The molecule has 0 atom stereocenters. The molecular weight excluding hydrogens is 142 g/mol. The molecule has 1 aromatic rings. The van der Waals surface area contributed by atoms with Crippen LogP contribution in [-0.4, -0.2) is 12.4 Å². The molecular formula is C8H11BFO-. The molecule has 0 amide bonds. The van der Waals surface area contributed by atoms with E-state index in [0.29, 0.717) is 0 Å². The molecule has 0 saturated carbocycles. The normalized spacial score (nSPS) is 10.1. The van der Waals surface area contributed by atoms with Gasteiger partial charge in [0.1, 0.15) is 5.82 Å². The van der Waals surface area contributed by atoms with E-state index in [0.717, 1.165) is 11.0 Å². The summed E-state index contributed by atoms with van der Waals surface area (Å²) < 4.78 is 12.6. The van der Waals surface area contributed by atoms with Crippen molar-refractivity contribution in [1.29, 1.82) is 0 Å². The number of hydrogen-bond acceptors (Lipinski definition) is 1. The Kier molecular flexibility index (Phi) is 2.66. The predicted molar refractivity (Wildman–Crippen MR) is 46.4 cm³/mol. The lowest BCUT2D eigenvalue weighted by molar-refractivity contribution is 0.282. The van der Waals surface area contributed by atoms with Gasteiger partial charge in [0.2, 0.25) is 0 Å². The van der Waals surface area contributed by atoms with Gasteiger partial charge in [-0.3, -0.25) is 0 Å². The molecule has 0 bridgehead atoms. The van der Waals surface area contributed by atoms with Crippen molar-refractivity contribution in [3.63, 3.8) is 0 Å². The first-order valence-corrected chi connectivity index (χ1v) is 4.10. The van der Waals surface area contributed by atoms with E-state index in [-0.39, 0.29) is 19.7 Å². The van der Waals surface area contributed by atoms with E-state index in [1.807, 2.05) is 0 Å². The van der Waals surface area contributed by atoms with E-state index in [4.69, 9.17) is 5.11 Å². The van der Waals surface area contributed by atoms with Crippen LogP contribution in [0.25, 0.3) is 0 Å². The maximum atomic E-state index is 12.6. The lowest BCUT2D eigenvalue weighted by atomic mass is 9.71. The van der Waals surface area contributed by atoms with E-state index in [1.165, 1.54) is 12.1 Å². The van der Waals surface area contributed by atoms with Crippen LogP contribution >= 0.6 is 0 Å². The van der Waals surface area contributed by atoms with E-state index in [1.54, 1.807) is 6.07 Å². The van der Waals surface area contributed by atoms with Crippen LogP contribution in [0, 0.1) is 5.82 Å².